The fraction of sp³-hybridized carbons (Fsp3) is 0.250. The Morgan fingerprint density at radius 2 is 1.93 bits per heavy atom. The SMILES string of the molecule is O=C(OC/C=C/c1ccccc1)c1cc([N+](=O)[O-])ccc1N1CCOCC1. The van der Waals surface area contributed by atoms with Crippen molar-refractivity contribution in [3.8, 4) is 0 Å². The van der Waals surface area contributed by atoms with Crippen molar-refractivity contribution < 1.29 is 19.2 Å². The molecule has 0 bridgehead atoms. The zero-order chi connectivity index (χ0) is 19.1. The van der Waals surface area contributed by atoms with Crippen LogP contribution in [0.15, 0.2) is 54.6 Å². The summed E-state index contributed by atoms with van der Waals surface area (Å²) >= 11 is 0. The van der Waals surface area contributed by atoms with Gasteiger partial charge in [0.25, 0.3) is 5.69 Å². The Kier molecular flexibility index (Phi) is 6.17. The van der Waals surface area contributed by atoms with Crippen LogP contribution < -0.4 is 4.90 Å². The number of non-ortho nitro benzene ring substituents is 1. The summed E-state index contributed by atoms with van der Waals surface area (Å²) in [5, 5.41) is 11.1. The van der Waals surface area contributed by atoms with Gasteiger partial charge in [-0.1, -0.05) is 36.4 Å². The van der Waals surface area contributed by atoms with Crippen LogP contribution in [0.2, 0.25) is 0 Å². The van der Waals surface area contributed by atoms with Gasteiger partial charge in [-0.05, 0) is 17.7 Å². The number of rotatable bonds is 6. The molecule has 27 heavy (non-hydrogen) atoms. The summed E-state index contributed by atoms with van der Waals surface area (Å²) < 4.78 is 10.6. The molecule has 0 atom stereocenters. The summed E-state index contributed by atoms with van der Waals surface area (Å²) in [7, 11) is 0. The van der Waals surface area contributed by atoms with Crippen LogP contribution >= 0.6 is 0 Å². The van der Waals surface area contributed by atoms with Gasteiger partial charge in [0, 0.05) is 25.2 Å². The second kappa shape index (κ2) is 8.95. The lowest BCUT2D eigenvalue weighted by Crippen LogP contribution is -2.37. The quantitative estimate of drug-likeness (QED) is 0.442. The maximum absolute atomic E-state index is 12.6. The molecule has 0 amide bonds. The average molecular weight is 368 g/mol. The molecule has 1 aliphatic rings. The van der Waals surface area contributed by atoms with Crippen molar-refractivity contribution in [1.82, 2.24) is 0 Å². The molecule has 0 spiro atoms. The first-order valence-corrected chi connectivity index (χ1v) is 8.65. The van der Waals surface area contributed by atoms with Crippen LogP contribution in [-0.2, 0) is 9.47 Å². The average Bonchev–Trinajstić information content (AvgIpc) is 2.72. The first kappa shape index (κ1) is 18.6. The van der Waals surface area contributed by atoms with Crippen molar-refractivity contribution in [2.24, 2.45) is 0 Å². The largest absolute Gasteiger partial charge is 0.458 e. The van der Waals surface area contributed by atoms with Gasteiger partial charge in [-0.2, -0.15) is 0 Å². The molecule has 1 saturated heterocycles. The van der Waals surface area contributed by atoms with Gasteiger partial charge >= 0.3 is 5.97 Å². The molecule has 1 heterocycles. The number of nitro benzene ring substituents is 1. The summed E-state index contributed by atoms with van der Waals surface area (Å²) in [6, 6.07) is 13.9. The predicted octanol–water partition coefficient (Wildman–Crippen LogP) is 3.30. The maximum Gasteiger partial charge on any atom is 0.340 e. The van der Waals surface area contributed by atoms with Crippen molar-refractivity contribution in [2.75, 3.05) is 37.8 Å². The lowest BCUT2D eigenvalue weighted by atomic mass is 10.1. The number of nitrogens with zero attached hydrogens (tertiary/aromatic N) is 2. The second-order valence-corrected chi connectivity index (χ2v) is 5.97. The lowest BCUT2D eigenvalue weighted by Gasteiger charge is -2.30. The minimum Gasteiger partial charge on any atom is -0.458 e. The van der Waals surface area contributed by atoms with Gasteiger partial charge in [0.05, 0.1) is 29.4 Å². The van der Waals surface area contributed by atoms with Gasteiger partial charge in [0.15, 0.2) is 0 Å². The number of carbonyl (C=O) groups excluding carboxylic acids is 1. The van der Waals surface area contributed by atoms with Gasteiger partial charge in [-0.25, -0.2) is 4.79 Å². The van der Waals surface area contributed by atoms with E-state index in [1.165, 1.54) is 12.1 Å². The molecule has 7 nitrogen and oxygen atoms in total. The van der Waals surface area contributed by atoms with Gasteiger partial charge in [0.2, 0.25) is 0 Å². The normalized spacial score (nSPS) is 14.3. The van der Waals surface area contributed by atoms with E-state index < -0.39 is 10.9 Å². The number of hydrogen-bond donors (Lipinski definition) is 0. The standard InChI is InChI=1S/C20H20N2O5/c23-20(27-12-4-7-16-5-2-1-3-6-16)18-15-17(22(24)25)8-9-19(18)21-10-13-26-14-11-21/h1-9,15H,10-14H2/b7-4+. The zero-order valence-electron chi connectivity index (χ0n) is 14.7. The zero-order valence-corrected chi connectivity index (χ0v) is 14.7. The first-order valence-electron chi connectivity index (χ1n) is 8.65. The number of ether oxygens (including phenoxy) is 2. The molecule has 2 aromatic carbocycles. The third-order valence-corrected chi connectivity index (χ3v) is 4.18. The van der Waals surface area contributed by atoms with Gasteiger partial charge in [0.1, 0.15) is 6.61 Å². The number of carbonyl (C=O) groups is 1. The highest BCUT2D eigenvalue weighted by Crippen LogP contribution is 2.27. The highest BCUT2D eigenvalue weighted by atomic mass is 16.6. The molecule has 0 aromatic heterocycles. The Balaban J connectivity index is 1.73. The van der Waals surface area contributed by atoms with E-state index in [4.69, 9.17) is 9.47 Å². The van der Waals surface area contributed by atoms with Crippen LogP contribution in [0.25, 0.3) is 6.08 Å². The Hall–Kier alpha value is -3.19. The van der Waals surface area contributed by atoms with Crippen LogP contribution in [0.5, 0.6) is 0 Å². The molecule has 1 aliphatic heterocycles. The van der Waals surface area contributed by atoms with Crippen molar-refractivity contribution in [3.05, 3.63) is 75.8 Å². The Morgan fingerprint density at radius 3 is 2.63 bits per heavy atom. The van der Waals surface area contributed by atoms with Crippen LogP contribution in [0.3, 0.4) is 0 Å². The molecule has 7 heteroatoms. The molecular formula is C20H20N2O5. The summed E-state index contributed by atoms with van der Waals surface area (Å²) in [4.78, 5) is 25.1. The van der Waals surface area contributed by atoms with E-state index in [-0.39, 0.29) is 17.9 Å². The van der Waals surface area contributed by atoms with Crippen LogP contribution in [0, 0.1) is 10.1 Å². The van der Waals surface area contributed by atoms with E-state index in [0.29, 0.717) is 32.0 Å². The first-order chi connectivity index (χ1) is 13.1. The van der Waals surface area contributed by atoms with Crippen molar-refractivity contribution in [3.63, 3.8) is 0 Å². The number of hydrogen-bond acceptors (Lipinski definition) is 6. The third kappa shape index (κ3) is 4.92. The van der Waals surface area contributed by atoms with Crippen molar-refractivity contribution >= 4 is 23.4 Å². The fourth-order valence-electron chi connectivity index (χ4n) is 2.83. The number of anilines is 1. The monoisotopic (exact) mass is 368 g/mol. The molecule has 0 radical (unpaired) electrons. The molecule has 0 saturated carbocycles. The Labute approximate surface area is 157 Å². The van der Waals surface area contributed by atoms with Gasteiger partial charge < -0.3 is 14.4 Å². The number of benzene rings is 2. The number of morpholine rings is 1. The fourth-order valence-corrected chi connectivity index (χ4v) is 2.83. The summed E-state index contributed by atoms with van der Waals surface area (Å²) in [6.45, 7) is 2.41. The Morgan fingerprint density at radius 1 is 1.19 bits per heavy atom. The molecule has 2 aromatic rings. The minimum atomic E-state index is -0.585. The van der Waals surface area contributed by atoms with Gasteiger partial charge in [-0.3, -0.25) is 10.1 Å². The smallest absolute Gasteiger partial charge is 0.340 e. The van der Waals surface area contributed by atoms with Crippen LogP contribution in [-0.4, -0.2) is 43.8 Å². The van der Waals surface area contributed by atoms with E-state index in [1.54, 1.807) is 12.1 Å². The van der Waals surface area contributed by atoms with E-state index in [0.717, 1.165) is 5.56 Å². The summed E-state index contributed by atoms with van der Waals surface area (Å²) in [6.07, 6.45) is 3.59. The molecule has 140 valence electrons. The highest BCUT2D eigenvalue weighted by Gasteiger charge is 2.22. The third-order valence-electron chi connectivity index (χ3n) is 4.18. The summed E-state index contributed by atoms with van der Waals surface area (Å²) in [5.74, 6) is -0.585. The van der Waals surface area contributed by atoms with Crippen LogP contribution in [0.1, 0.15) is 15.9 Å². The van der Waals surface area contributed by atoms with E-state index >= 15 is 0 Å². The van der Waals surface area contributed by atoms with Gasteiger partial charge in [-0.15, -0.1) is 0 Å². The van der Waals surface area contributed by atoms with E-state index in [1.807, 2.05) is 41.3 Å². The lowest BCUT2D eigenvalue weighted by molar-refractivity contribution is -0.384. The second-order valence-electron chi connectivity index (χ2n) is 5.97. The minimum absolute atomic E-state index is 0.0823. The van der Waals surface area contributed by atoms with Crippen LogP contribution in [0.4, 0.5) is 11.4 Å². The predicted molar refractivity (Wildman–Crippen MR) is 102 cm³/mol. The molecule has 1 fully saturated rings. The molecule has 0 aliphatic carbocycles. The van der Waals surface area contributed by atoms with Crippen molar-refractivity contribution in [2.45, 2.75) is 0 Å². The Bertz CT molecular complexity index is 830. The van der Waals surface area contributed by atoms with E-state index in [9.17, 15) is 14.9 Å². The maximum atomic E-state index is 12.6. The molecule has 3 rings (SSSR count). The molecular weight excluding hydrogens is 348 g/mol. The van der Waals surface area contributed by atoms with E-state index in [2.05, 4.69) is 0 Å². The highest BCUT2D eigenvalue weighted by molar-refractivity contribution is 5.96. The van der Waals surface area contributed by atoms with Crippen molar-refractivity contribution in [1.29, 1.82) is 0 Å². The summed E-state index contributed by atoms with van der Waals surface area (Å²) in [5.41, 5.74) is 1.68. The number of esters is 1. The number of nitro groups is 1. The topological polar surface area (TPSA) is 81.9 Å². The molecule has 0 N–H and O–H groups in total. The molecule has 0 unspecified atom stereocenters.